The van der Waals surface area contributed by atoms with Crippen LogP contribution in [-0.4, -0.2) is 26.1 Å². The molecule has 2 heterocycles. The van der Waals surface area contributed by atoms with Gasteiger partial charge in [-0.15, -0.1) is 0 Å². The van der Waals surface area contributed by atoms with Gasteiger partial charge in [-0.3, -0.25) is 0 Å². The van der Waals surface area contributed by atoms with Gasteiger partial charge in [-0.05, 0) is 49.5 Å². The first-order chi connectivity index (χ1) is 6.27. The predicted molar refractivity (Wildman–Crippen MR) is 60.7 cm³/mol. The first-order valence-electron chi connectivity index (χ1n) is 5.28. The van der Waals surface area contributed by atoms with E-state index in [1.54, 1.807) is 0 Å². The van der Waals surface area contributed by atoms with Crippen molar-refractivity contribution in [3.8, 4) is 0 Å². The van der Waals surface area contributed by atoms with Gasteiger partial charge < -0.3 is 4.55 Å². The smallest absolute Gasteiger partial charge is 0.117 e. The lowest BCUT2D eigenvalue weighted by atomic mass is 10.1. The zero-order valence-corrected chi connectivity index (χ0v) is 9.83. The first-order valence-corrected chi connectivity index (χ1v) is 7.61. The molecular weight excluding hydrogens is 200 g/mol. The van der Waals surface area contributed by atoms with E-state index in [2.05, 4.69) is 18.7 Å². The molecular formula is C10H18OS2. The van der Waals surface area contributed by atoms with E-state index in [-0.39, 0.29) is 0 Å². The molecule has 1 nitrogen and oxygen atoms in total. The summed E-state index contributed by atoms with van der Waals surface area (Å²) in [5.41, 5.74) is 0. The van der Waals surface area contributed by atoms with Gasteiger partial charge in [0.05, 0.1) is 0 Å². The highest BCUT2D eigenvalue weighted by molar-refractivity contribution is 8.00. The first kappa shape index (κ1) is 10.2. The maximum atomic E-state index is 11.8. The summed E-state index contributed by atoms with van der Waals surface area (Å²) in [6.07, 6.45) is 6.37. The molecule has 0 aromatic rings. The van der Waals surface area contributed by atoms with Gasteiger partial charge in [-0.1, -0.05) is 0 Å². The molecule has 2 aliphatic heterocycles. The molecule has 4 atom stereocenters. The molecule has 13 heavy (non-hydrogen) atoms. The van der Waals surface area contributed by atoms with E-state index in [9.17, 15) is 4.55 Å². The zero-order valence-electron chi connectivity index (χ0n) is 8.20. The van der Waals surface area contributed by atoms with Crippen molar-refractivity contribution in [2.45, 2.75) is 54.8 Å². The van der Waals surface area contributed by atoms with Crippen LogP contribution < -0.4 is 0 Å². The molecule has 2 fully saturated rings. The maximum absolute atomic E-state index is 11.8. The van der Waals surface area contributed by atoms with Crippen LogP contribution in [0.3, 0.4) is 0 Å². The lowest BCUT2D eigenvalue weighted by Crippen LogP contribution is -2.23. The summed E-state index contributed by atoms with van der Waals surface area (Å²) in [5.74, 6) is 1.33. The minimum Gasteiger partial charge on any atom is -0.616 e. The van der Waals surface area contributed by atoms with E-state index >= 15 is 0 Å². The fourth-order valence-electron chi connectivity index (χ4n) is 2.32. The number of hydrogen-bond donors (Lipinski definition) is 0. The van der Waals surface area contributed by atoms with Crippen molar-refractivity contribution < 1.29 is 4.55 Å². The van der Waals surface area contributed by atoms with E-state index < -0.39 is 11.2 Å². The summed E-state index contributed by atoms with van der Waals surface area (Å²) < 4.78 is 11.8. The van der Waals surface area contributed by atoms with Crippen molar-refractivity contribution in [2.75, 3.05) is 5.75 Å². The Bertz CT molecular complexity index is 168. The van der Waals surface area contributed by atoms with Gasteiger partial charge in [-0.2, -0.15) is 11.8 Å². The van der Waals surface area contributed by atoms with Crippen LogP contribution in [0.25, 0.3) is 0 Å². The second kappa shape index (κ2) is 4.45. The summed E-state index contributed by atoms with van der Waals surface area (Å²) in [7, 11) is 0. The average Bonchev–Trinajstić information content (AvgIpc) is 2.71. The molecule has 0 spiro atoms. The van der Waals surface area contributed by atoms with Crippen LogP contribution in [0.5, 0.6) is 0 Å². The highest BCUT2D eigenvalue weighted by atomic mass is 32.2. The lowest BCUT2D eigenvalue weighted by molar-refractivity contribution is 0.572. The Labute approximate surface area is 88.2 Å². The van der Waals surface area contributed by atoms with Gasteiger partial charge in [0, 0.05) is 11.7 Å². The molecule has 2 rings (SSSR count). The molecule has 0 N–H and O–H groups in total. The fraction of sp³-hybridized carbons (Fsp3) is 1.00. The van der Waals surface area contributed by atoms with Gasteiger partial charge in [-0.25, -0.2) is 0 Å². The largest absolute Gasteiger partial charge is 0.616 e. The van der Waals surface area contributed by atoms with Crippen molar-refractivity contribution in [3.05, 3.63) is 0 Å². The topological polar surface area (TPSA) is 23.1 Å². The van der Waals surface area contributed by atoms with Gasteiger partial charge in [0.15, 0.2) is 0 Å². The molecule has 2 aliphatic rings. The number of rotatable bonds is 2. The predicted octanol–water partition coefficient (Wildman–Crippen LogP) is 2.57. The Kier molecular flexibility index (Phi) is 3.49. The van der Waals surface area contributed by atoms with Crippen molar-refractivity contribution in [3.63, 3.8) is 0 Å². The Balaban J connectivity index is 1.81. The van der Waals surface area contributed by atoms with Gasteiger partial charge in [0.1, 0.15) is 10.5 Å². The SMILES string of the molecule is CC1CCC(CC2CCCS2)[S+]1[O-]. The van der Waals surface area contributed by atoms with Crippen molar-refractivity contribution in [2.24, 2.45) is 0 Å². The van der Waals surface area contributed by atoms with E-state index in [4.69, 9.17) is 0 Å². The normalized spacial score (nSPS) is 45.7. The van der Waals surface area contributed by atoms with Crippen molar-refractivity contribution in [1.29, 1.82) is 0 Å². The third kappa shape index (κ3) is 2.37. The Morgan fingerprint density at radius 1 is 1.38 bits per heavy atom. The number of thioether (sulfide) groups is 1. The highest BCUT2D eigenvalue weighted by Crippen LogP contribution is 2.36. The molecule has 0 radical (unpaired) electrons. The maximum Gasteiger partial charge on any atom is 0.117 e. The Hall–Kier alpha value is 0.660. The lowest BCUT2D eigenvalue weighted by Gasteiger charge is -2.19. The third-order valence-electron chi connectivity index (χ3n) is 3.17. The van der Waals surface area contributed by atoms with E-state index in [1.165, 1.54) is 37.9 Å². The van der Waals surface area contributed by atoms with E-state index in [1.807, 2.05) is 0 Å². The van der Waals surface area contributed by atoms with Crippen LogP contribution in [-0.2, 0) is 11.2 Å². The molecule has 0 saturated carbocycles. The van der Waals surface area contributed by atoms with E-state index in [0.29, 0.717) is 10.5 Å². The fourth-order valence-corrected chi connectivity index (χ4v) is 5.62. The summed E-state index contributed by atoms with van der Waals surface area (Å²) in [6.45, 7) is 2.14. The minimum absolute atomic E-state index is 0.469. The second-order valence-corrected chi connectivity index (χ2v) is 7.75. The standard InChI is InChI=1S/C10H18OS2/c1-8-4-5-10(13(8)11)7-9-3-2-6-12-9/h8-10H,2-7H2,1H3. The van der Waals surface area contributed by atoms with Crippen LogP contribution in [0, 0.1) is 0 Å². The minimum atomic E-state index is -0.515. The Morgan fingerprint density at radius 3 is 2.77 bits per heavy atom. The van der Waals surface area contributed by atoms with Crippen LogP contribution in [0.2, 0.25) is 0 Å². The molecule has 0 aromatic carbocycles. The summed E-state index contributed by atoms with van der Waals surface area (Å²) in [6, 6.07) is 0. The third-order valence-corrected chi connectivity index (χ3v) is 6.71. The monoisotopic (exact) mass is 218 g/mol. The van der Waals surface area contributed by atoms with Crippen LogP contribution in [0.1, 0.15) is 39.0 Å². The molecule has 0 amide bonds. The summed E-state index contributed by atoms with van der Waals surface area (Å²) >= 11 is 1.58. The van der Waals surface area contributed by atoms with Crippen LogP contribution in [0.15, 0.2) is 0 Å². The molecule has 0 bridgehead atoms. The van der Waals surface area contributed by atoms with E-state index in [0.717, 1.165) is 5.25 Å². The molecule has 2 saturated heterocycles. The summed E-state index contributed by atoms with van der Waals surface area (Å²) in [4.78, 5) is 0. The molecule has 76 valence electrons. The van der Waals surface area contributed by atoms with Gasteiger partial charge in [0.2, 0.25) is 0 Å². The molecule has 3 heteroatoms. The Morgan fingerprint density at radius 2 is 2.23 bits per heavy atom. The van der Waals surface area contributed by atoms with Crippen molar-refractivity contribution >= 4 is 22.9 Å². The zero-order chi connectivity index (χ0) is 9.26. The number of hydrogen-bond acceptors (Lipinski definition) is 2. The second-order valence-electron chi connectivity index (χ2n) is 4.21. The quantitative estimate of drug-likeness (QED) is 0.665. The van der Waals surface area contributed by atoms with Crippen LogP contribution in [0.4, 0.5) is 0 Å². The van der Waals surface area contributed by atoms with Gasteiger partial charge >= 0.3 is 0 Å². The van der Waals surface area contributed by atoms with Crippen LogP contribution >= 0.6 is 11.8 Å². The molecule has 0 aromatic heterocycles. The molecule has 0 aliphatic carbocycles. The average molecular weight is 218 g/mol. The summed E-state index contributed by atoms with van der Waals surface area (Å²) in [5, 5.41) is 1.83. The molecule has 4 unspecified atom stereocenters. The van der Waals surface area contributed by atoms with Gasteiger partial charge in [0.25, 0.3) is 0 Å². The van der Waals surface area contributed by atoms with Crippen molar-refractivity contribution in [1.82, 2.24) is 0 Å². The highest BCUT2D eigenvalue weighted by Gasteiger charge is 2.37.